The summed E-state index contributed by atoms with van der Waals surface area (Å²) in [5.74, 6) is -0.353. The van der Waals surface area contributed by atoms with Crippen molar-refractivity contribution in [3.63, 3.8) is 0 Å². The molecular formula is C27H31N7O2S. The number of likely N-dealkylation sites (tertiary alicyclic amines) is 2. The molecule has 6 rings (SSSR count). The first-order chi connectivity index (χ1) is 18.0. The number of benzene rings is 1. The number of hydrogen-bond acceptors (Lipinski definition) is 7. The molecule has 2 fully saturated rings. The molecule has 2 atom stereocenters. The lowest BCUT2D eigenvalue weighted by atomic mass is 9.89. The van der Waals surface area contributed by atoms with Gasteiger partial charge in [0.25, 0.3) is 0 Å². The first-order valence-corrected chi connectivity index (χ1v) is 13.8. The lowest BCUT2D eigenvalue weighted by Crippen LogP contribution is -2.46. The number of carbonyl (C=O) groups is 2. The number of thiazole rings is 1. The van der Waals surface area contributed by atoms with Crippen LogP contribution in [0.5, 0.6) is 0 Å². The molecule has 192 valence electrons. The van der Waals surface area contributed by atoms with Gasteiger partial charge in [0.05, 0.1) is 44.9 Å². The predicted octanol–water partition coefficient (Wildman–Crippen LogP) is 4.32. The van der Waals surface area contributed by atoms with E-state index in [9.17, 15) is 9.59 Å². The molecule has 0 bridgehead atoms. The van der Waals surface area contributed by atoms with Crippen molar-refractivity contribution < 1.29 is 9.59 Å². The van der Waals surface area contributed by atoms with Gasteiger partial charge in [-0.25, -0.2) is 4.98 Å². The molecular weight excluding hydrogens is 486 g/mol. The summed E-state index contributed by atoms with van der Waals surface area (Å²) in [7, 11) is 2.17. The number of nitrogens with one attached hydrogen (secondary N) is 2. The summed E-state index contributed by atoms with van der Waals surface area (Å²) in [6.45, 7) is 4.88. The van der Waals surface area contributed by atoms with Gasteiger partial charge in [-0.2, -0.15) is 5.10 Å². The summed E-state index contributed by atoms with van der Waals surface area (Å²) >= 11 is 1.79. The van der Waals surface area contributed by atoms with Gasteiger partial charge in [-0.05, 0) is 69.4 Å². The van der Waals surface area contributed by atoms with Crippen molar-refractivity contribution in [2.75, 3.05) is 32.0 Å². The Balaban J connectivity index is 1.24. The first-order valence-electron chi connectivity index (χ1n) is 12.9. The minimum Gasteiger partial charge on any atom is -0.327 e. The minimum absolute atomic E-state index is 0.159. The van der Waals surface area contributed by atoms with Crippen molar-refractivity contribution in [2.24, 2.45) is 5.92 Å². The molecule has 0 spiro atoms. The van der Waals surface area contributed by atoms with E-state index in [2.05, 4.69) is 57.6 Å². The van der Waals surface area contributed by atoms with Crippen molar-refractivity contribution in [3.05, 3.63) is 47.4 Å². The lowest BCUT2D eigenvalue weighted by molar-refractivity contribution is -0.146. The number of pyridine rings is 1. The Morgan fingerprint density at radius 3 is 2.78 bits per heavy atom. The molecule has 0 unspecified atom stereocenters. The van der Waals surface area contributed by atoms with Crippen molar-refractivity contribution in [3.8, 4) is 0 Å². The summed E-state index contributed by atoms with van der Waals surface area (Å²) in [4.78, 5) is 39.8. The molecule has 3 aromatic heterocycles. The number of hydrogen-bond donors (Lipinski definition) is 2. The van der Waals surface area contributed by atoms with Crippen LogP contribution in [0.25, 0.3) is 21.1 Å². The molecule has 2 N–H and O–H groups in total. The van der Waals surface area contributed by atoms with E-state index in [1.165, 1.54) is 15.9 Å². The fourth-order valence-electron chi connectivity index (χ4n) is 5.59. The van der Waals surface area contributed by atoms with Crippen LogP contribution in [0.3, 0.4) is 0 Å². The van der Waals surface area contributed by atoms with Gasteiger partial charge in [-0.15, -0.1) is 11.3 Å². The number of anilines is 1. The third-order valence-electron chi connectivity index (χ3n) is 7.76. The number of nitrogens with zero attached hydrogens (tertiary/aromatic N) is 5. The van der Waals surface area contributed by atoms with E-state index in [0.717, 1.165) is 55.2 Å². The van der Waals surface area contributed by atoms with Crippen LogP contribution in [-0.4, -0.2) is 68.5 Å². The van der Waals surface area contributed by atoms with Crippen LogP contribution in [0.4, 0.5) is 5.69 Å². The average Bonchev–Trinajstić information content (AvgIpc) is 3.56. The third-order valence-corrected chi connectivity index (χ3v) is 8.96. The Hall–Kier alpha value is -3.37. The van der Waals surface area contributed by atoms with Crippen LogP contribution >= 0.6 is 11.3 Å². The smallest absolute Gasteiger partial charge is 0.314 e. The number of aromatic amines is 1. The maximum atomic E-state index is 13.5. The predicted molar refractivity (Wildman–Crippen MR) is 144 cm³/mol. The number of fused-ring (bicyclic) bond motifs is 2. The Labute approximate surface area is 219 Å². The standard InChI is InChI=1S/C27H31N7O2S/c1-16-3-5-22(18-4-6-23-20(11-18)31-26(37-23)17-7-9-33(2)10-8-17)34(15-16)27(36)25(35)30-21-14-28-12-19-13-29-32-24(19)21/h4,6,11-14,16-17,22H,3,5,7-10,15H2,1-2H3,(H,29,32)(H,30,35)/t16-,22+/m0/s1. The lowest BCUT2D eigenvalue weighted by Gasteiger charge is -2.38. The highest BCUT2D eigenvalue weighted by Gasteiger charge is 2.35. The molecule has 0 radical (unpaired) electrons. The molecule has 2 saturated heterocycles. The maximum Gasteiger partial charge on any atom is 0.314 e. The van der Waals surface area contributed by atoms with Gasteiger partial charge in [0, 0.05) is 24.0 Å². The van der Waals surface area contributed by atoms with E-state index in [1.54, 1.807) is 28.6 Å². The molecule has 0 saturated carbocycles. The first kappa shape index (κ1) is 24.0. The van der Waals surface area contributed by atoms with Crippen LogP contribution < -0.4 is 5.32 Å². The van der Waals surface area contributed by atoms with E-state index in [-0.39, 0.29) is 6.04 Å². The Morgan fingerprint density at radius 1 is 1.11 bits per heavy atom. The van der Waals surface area contributed by atoms with Crippen LogP contribution in [0, 0.1) is 5.92 Å². The molecule has 10 heteroatoms. The fraction of sp³-hybridized carbons (Fsp3) is 0.444. The maximum absolute atomic E-state index is 13.5. The Morgan fingerprint density at radius 2 is 1.95 bits per heavy atom. The number of amides is 2. The topological polar surface area (TPSA) is 107 Å². The van der Waals surface area contributed by atoms with Gasteiger partial charge in [0.1, 0.15) is 0 Å². The summed E-state index contributed by atoms with van der Waals surface area (Å²) in [5.41, 5.74) is 3.12. The van der Waals surface area contributed by atoms with Gasteiger partial charge in [0.15, 0.2) is 0 Å². The molecule has 0 aliphatic carbocycles. The molecule has 1 aromatic carbocycles. The Bertz CT molecular complexity index is 1460. The largest absolute Gasteiger partial charge is 0.327 e. The van der Waals surface area contributed by atoms with Crippen molar-refractivity contribution in [2.45, 2.75) is 44.6 Å². The second-order valence-electron chi connectivity index (χ2n) is 10.5. The van der Waals surface area contributed by atoms with Gasteiger partial charge < -0.3 is 15.1 Å². The minimum atomic E-state index is -0.665. The zero-order valence-corrected chi connectivity index (χ0v) is 21.9. The van der Waals surface area contributed by atoms with Crippen LogP contribution in [-0.2, 0) is 9.59 Å². The summed E-state index contributed by atoms with van der Waals surface area (Å²) < 4.78 is 1.18. The molecule has 2 aliphatic rings. The van der Waals surface area contributed by atoms with E-state index in [4.69, 9.17) is 4.98 Å². The third kappa shape index (κ3) is 4.71. The highest BCUT2D eigenvalue weighted by atomic mass is 32.1. The Kier molecular flexibility index (Phi) is 6.37. The second-order valence-corrected chi connectivity index (χ2v) is 11.6. The SMILES string of the molecule is C[C@H]1CC[C@H](c2ccc3sc(C4CCN(C)CC4)nc3c2)N(C(=O)C(=O)Nc2cncc3cn[nH]c23)C1. The van der Waals surface area contributed by atoms with E-state index in [1.807, 2.05) is 0 Å². The van der Waals surface area contributed by atoms with Gasteiger partial charge in [-0.1, -0.05) is 13.0 Å². The molecule has 4 aromatic rings. The monoisotopic (exact) mass is 517 g/mol. The van der Waals surface area contributed by atoms with E-state index < -0.39 is 11.8 Å². The molecule has 5 heterocycles. The highest BCUT2D eigenvalue weighted by Crippen LogP contribution is 2.38. The van der Waals surface area contributed by atoms with Gasteiger partial charge in [-0.3, -0.25) is 19.7 Å². The zero-order chi connectivity index (χ0) is 25.5. The van der Waals surface area contributed by atoms with Crippen molar-refractivity contribution in [1.29, 1.82) is 0 Å². The highest BCUT2D eigenvalue weighted by molar-refractivity contribution is 7.18. The fourth-order valence-corrected chi connectivity index (χ4v) is 6.71. The number of aromatic nitrogens is 4. The average molecular weight is 518 g/mol. The number of H-pyrrole nitrogens is 1. The van der Waals surface area contributed by atoms with Crippen molar-refractivity contribution in [1.82, 2.24) is 30.0 Å². The van der Waals surface area contributed by atoms with E-state index >= 15 is 0 Å². The van der Waals surface area contributed by atoms with Crippen molar-refractivity contribution >= 4 is 50.0 Å². The second kappa shape index (κ2) is 9.83. The summed E-state index contributed by atoms with van der Waals surface area (Å²) in [5, 5.41) is 11.6. The van der Waals surface area contributed by atoms with E-state index in [0.29, 0.717) is 29.6 Å². The summed E-state index contributed by atoms with van der Waals surface area (Å²) in [6, 6.07) is 6.20. The van der Waals surface area contributed by atoms with Gasteiger partial charge >= 0.3 is 11.8 Å². The normalized spacial score (nSPS) is 21.5. The van der Waals surface area contributed by atoms with Crippen LogP contribution in [0.1, 0.15) is 55.1 Å². The molecule has 9 nitrogen and oxygen atoms in total. The number of piperidine rings is 2. The summed E-state index contributed by atoms with van der Waals surface area (Å²) in [6.07, 6.45) is 8.92. The quantitative estimate of drug-likeness (QED) is 0.392. The molecule has 2 aliphatic heterocycles. The number of rotatable bonds is 3. The van der Waals surface area contributed by atoms with Gasteiger partial charge in [0.2, 0.25) is 0 Å². The van der Waals surface area contributed by atoms with Crippen LogP contribution in [0.2, 0.25) is 0 Å². The molecule has 37 heavy (non-hydrogen) atoms. The number of carbonyl (C=O) groups excluding carboxylic acids is 2. The zero-order valence-electron chi connectivity index (χ0n) is 21.1. The van der Waals surface area contributed by atoms with Crippen LogP contribution in [0.15, 0.2) is 36.8 Å². The molecule has 2 amide bonds.